The highest BCUT2D eigenvalue weighted by Gasteiger charge is 2.14. The second-order valence-electron chi connectivity index (χ2n) is 10.3. The van der Waals surface area contributed by atoms with Crippen molar-refractivity contribution in [1.29, 1.82) is 0 Å². The van der Waals surface area contributed by atoms with Crippen LogP contribution in [0.15, 0.2) is 64.1 Å². The Morgan fingerprint density at radius 2 is 1.76 bits per heavy atom. The summed E-state index contributed by atoms with van der Waals surface area (Å²) in [5.41, 5.74) is 2.88. The molecule has 0 fully saturated rings. The van der Waals surface area contributed by atoms with Crippen LogP contribution in [-0.2, 0) is 22.6 Å². The highest BCUT2D eigenvalue weighted by atomic mass is 32.2. The number of methoxy groups -OCH3 is 2. The van der Waals surface area contributed by atoms with Gasteiger partial charge in [-0.05, 0) is 74.8 Å². The zero-order valence-electron chi connectivity index (χ0n) is 24.4. The molecule has 2 amide bonds. The number of thioether (sulfide) groups is 1. The molecule has 9 nitrogen and oxygen atoms in total. The second kappa shape index (κ2) is 16.0. The number of nitrogens with zero attached hydrogens (tertiary/aromatic N) is 2. The fourth-order valence-corrected chi connectivity index (χ4v) is 5.85. The van der Waals surface area contributed by atoms with Crippen molar-refractivity contribution < 1.29 is 19.1 Å². The number of para-hydroxylation sites is 1. The van der Waals surface area contributed by atoms with Crippen LogP contribution in [0.1, 0.15) is 50.5 Å². The molecule has 1 aliphatic rings. The summed E-state index contributed by atoms with van der Waals surface area (Å²) in [5.74, 6) is 1.31. The second-order valence-corrected chi connectivity index (χ2v) is 11.2. The lowest BCUT2D eigenvalue weighted by Crippen LogP contribution is -2.29. The Kier molecular flexibility index (Phi) is 11.9. The Hall–Kier alpha value is -3.79. The molecule has 3 aromatic rings. The van der Waals surface area contributed by atoms with Crippen LogP contribution in [0.4, 0.5) is 0 Å². The van der Waals surface area contributed by atoms with Gasteiger partial charge in [-0.25, -0.2) is 4.98 Å². The first kappa shape index (κ1) is 31.2. The summed E-state index contributed by atoms with van der Waals surface area (Å²) in [4.78, 5) is 43.1. The van der Waals surface area contributed by atoms with E-state index in [1.54, 1.807) is 30.9 Å². The predicted molar refractivity (Wildman–Crippen MR) is 166 cm³/mol. The van der Waals surface area contributed by atoms with Crippen molar-refractivity contribution in [2.24, 2.45) is 0 Å². The maximum absolute atomic E-state index is 13.3. The monoisotopic (exact) mass is 592 g/mol. The van der Waals surface area contributed by atoms with E-state index in [2.05, 4.69) is 21.7 Å². The number of allylic oxidation sites excluding steroid dienone is 1. The van der Waals surface area contributed by atoms with Gasteiger partial charge in [-0.3, -0.25) is 19.0 Å². The molecule has 0 unspecified atom stereocenters. The minimum Gasteiger partial charge on any atom is -0.493 e. The first-order chi connectivity index (χ1) is 20.5. The fraction of sp³-hybridized carbons (Fsp3) is 0.438. The Morgan fingerprint density at radius 1 is 0.976 bits per heavy atom. The largest absolute Gasteiger partial charge is 0.493 e. The third-order valence-corrected chi connectivity index (χ3v) is 8.26. The van der Waals surface area contributed by atoms with Gasteiger partial charge in [0.1, 0.15) is 0 Å². The van der Waals surface area contributed by atoms with E-state index in [0.29, 0.717) is 60.0 Å². The highest BCUT2D eigenvalue weighted by molar-refractivity contribution is 7.99. The normalized spacial score (nSPS) is 13.0. The first-order valence-electron chi connectivity index (χ1n) is 14.5. The van der Waals surface area contributed by atoms with Crippen LogP contribution in [0.5, 0.6) is 11.5 Å². The molecule has 0 atom stereocenters. The number of nitrogens with one attached hydrogen (secondary N) is 2. The summed E-state index contributed by atoms with van der Waals surface area (Å²) >= 11 is 1.25. The van der Waals surface area contributed by atoms with E-state index in [-0.39, 0.29) is 29.5 Å². The Morgan fingerprint density at radius 3 is 2.55 bits per heavy atom. The molecule has 1 aromatic heterocycles. The number of rotatable bonds is 15. The number of aromatic nitrogens is 2. The molecule has 224 valence electrons. The summed E-state index contributed by atoms with van der Waals surface area (Å²) in [7, 11) is 3.19. The zero-order valence-corrected chi connectivity index (χ0v) is 25.3. The van der Waals surface area contributed by atoms with Crippen LogP contribution in [0.3, 0.4) is 0 Å². The highest BCUT2D eigenvalue weighted by Crippen LogP contribution is 2.27. The van der Waals surface area contributed by atoms with Crippen molar-refractivity contribution in [2.75, 3.05) is 33.1 Å². The molecular formula is C32H40N4O5S. The standard InChI is InChI=1S/C32H40N4O5S/c1-40-27-15-14-24(21-28(27)41-2)17-19-33-29(37)13-8-20-36-31(39)25-11-6-7-12-26(25)35-32(36)42-22-30(38)34-18-16-23-9-4-3-5-10-23/h6-7,9,11-12,14-15,21H,3-5,8,10,13,16-20,22H2,1-2H3,(H,33,37)(H,34,38). The van der Waals surface area contributed by atoms with Crippen LogP contribution in [0, 0.1) is 0 Å². The Labute approximate surface area is 251 Å². The maximum Gasteiger partial charge on any atom is 0.262 e. The van der Waals surface area contributed by atoms with Crippen LogP contribution < -0.4 is 25.7 Å². The molecule has 10 heteroatoms. The molecule has 0 saturated carbocycles. The molecule has 0 bridgehead atoms. The molecule has 2 N–H and O–H groups in total. The molecule has 0 aliphatic heterocycles. The van der Waals surface area contributed by atoms with Crippen molar-refractivity contribution >= 4 is 34.5 Å². The molecule has 0 radical (unpaired) electrons. The number of carbonyl (C=O) groups excluding carboxylic acids is 2. The predicted octanol–water partition coefficient (Wildman–Crippen LogP) is 4.65. The molecule has 1 aliphatic carbocycles. The molecule has 4 rings (SSSR count). The summed E-state index contributed by atoms with van der Waals surface area (Å²) in [6.45, 7) is 1.43. The average Bonchev–Trinajstić information content (AvgIpc) is 3.01. The van der Waals surface area contributed by atoms with Crippen LogP contribution in [-0.4, -0.2) is 54.4 Å². The van der Waals surface area contributed by atoms with E-state index in [1.807, 2.05) is 30.3 Å². The fourth-order valence-electron chi connectivity index (χ4n) is 5.00. The van der Waals surface area contributed by atoms with E-state index < -0.39 is 0 Å². The van der Waals surface area contributed by atoms with Gasteiger partial charge in [-0.2, -0.15) is 0 Å². The number of ether oxygens (including phenoxy) is 2. The lowest BCUT2D eigenvalue weighted by Gasteiger charge is -2.14. The van der Waals surface area contributed by atoms with Crippen molar-refractivity contribution in [3.8, 4) is 11.5 Å². The van der Waals surface area contributed by atoms with Gasteiger partial charge in [-0.1, -0.05) is 41.6 Å². The van der Waals surface area contributed by atoms with Crippen LogP contribution in [0.2, 0.25) is 0 Å². The molecule has 0 saturated heterocycles. The lowest BCUT2D eigenvalue weighted by molar-refractivity contribution is -0.121. The first-order valence-corrected chi connectivity index (χ1v) is 15.5. The maximum atomic E-state index is 13.3. The van der Waals surface area contributed by atoms with E-state index in [9.17, 15) is 14.4 Å². The molecule has 2 aromatic carbocycles. The van der Waals surface area contributed by atoms with Gasteiger partial charge in [0.2, 0.25) is 11.8 Å². The SMILES string of the molecule is COc1ccc(CCNC(=O)CCCn2c(SCC(=O)NCCC3=CCCCC3)nc3ccccc3c2=O)cc1OC. The van der Waals surface area contributed by atoms with E-state index in [0.717, 1.165) is 24.8 Å². The van der Waals surface area contributed by atoms with Crippen molar-refractivity contribution in [3.63, 3.8) is 0 Å². The summed E-state index contributed by atoms with van der Waals surface area (Å²) in [5, 5.41) is 6.94. The molecular weight excluding hydrogens is 552 g/mol. The van der Waals surface area contributed by atoms with Gasteiger partial charge in [0.15, 0.2) is 16.7 Å². The van der Waals surface area contributed by atoms with Gasteiger partial charge in [0.05, 0.1) is 30.9 Å². The molecule has 1 heterocycles. The molecule has 42 heavy (non-hydrogen) atoms. The van der Waals surface area contributed by atoms with Gasteiger partial charge >= 0.3 is 0 Å². The number of amides is 2. The number of benzene rings is 2. The third kappa shape index (κ3) is 8.85. The van der Waals surface area contributed by atoms with Gasteiger partial charge < -0.3 is 20.1 Å². The van der Waals surface area contributed by atoms with E-state index >= 15 is 0 Å². The van der Waals surface area contributed by atoms with Crippen molar-refractivity contribution in [2.45, 2.75) is 63.1 Å². The van der Waals surface area contributed by atoms with Gasteiger partial charge in [0, 0.05) is 26.1 Å². The lowest BCUT2D eigenvalue weighted by atomic mass is 9.97. The Bertz CT molecular complexity index is 1470. The minimum atomic E-state index is -0.165. The topological polar surface area (TPSA) is 112 Å². The number of carbonyl (C=O) groups is 2. The number of hydrogen-bond donors (Lipinski definition) is 2. The quantitative estimate of drug-likeness (QED) is 0.150. The molecule has 0 spiro atoms. The van der Waals surface area contributed by atoms with Gasteiger partial charge in [-0.15, -0.1) is 0 Å². The zero-order chi connectivity index (χ0) is 29.7. The van der Waals surface area contributed by atoms with Crippen molar-refractivity contribution in [3.05, 3.63) is 70.0 Å². The van der Waals surface area contributed by atoms with Crippen LogP contribution in [0.25, 0.3) is 10.9 Å². The minimum absolute atomic E-state index is 0.0841. The van der Waals surface area contributed by atoms with Crippen molar-refractivity contribution in [1.82, 2.24) is 20.2 Å². The van der Waals surface area contributed by atoms with E-state index in [1.165, 1.54) is 30.2 Å². The average molecular weight is 593 g/mol. The summed E-state index contributed by atoms with van der Waals surface area (Å²) in [6, 6.07) is 12.9. The summed E-state index contributed by atoms with van der Waals surface area (Å²) < 4.78 is 12.2. The number of fused-ring (bicyclic) bond motifs is 1. The summed E-state index contributed by atoms with van der Waals surface area (Å²) in [6.07, 6.45) is 9.29. The van der Waals surface area contributed by atoms with Crippen LogP contribution >= 0.6 is 11.8 Å². The third-order valence-electron chi connectivity index (χ3n) is 7.28. The van der Waals surface area contributed by atoms with E-state index in [4.69, 9.17) is 9.47 Å². The number of hydrogen-bond acceptors (Lipinski definition) is 7. The Balaban J connectivity index is 1.29. The smallest absolute Gasteiger partial charge is 0.262 e. The van der Waals surface area contributed by atoms with Gasteiger partial charge in [0.25, 0.3) is 5.56 Å².